The number of fused-ring (bicyclic) bond motifs is 1. The van der Waals surface area contributed by atoms with Gasteiger partial charge in [-0.1, -0.05) is 23.4 Å². The molecule has 0 aliphatic carbocycles. The molecule has 170 valence electrons. The summed E-state index contributed by atoms with van der Waals surface area (Å²) in [6.45, 7) is 4.66. The van der Waals surface area contributed by atoms with Crippen LogP contribution in [0.3, 0.4) is 0 Å². The van der Waals surface area contributed by atoms with Crippen LogP contribution in [-0.4, -0.2) is 48.1 Å². The zero-order valence-corrected chi connectivity index (χ0v) is 18.4. The van der Waals surface area contributed by atoms with E-state index in [1.54, 1.807) is 0 Å². The predicted octanol–water partition coefficient (Wildman–Crippen LogP) is 2.51. The lowest BCUT2D eigenvalue weighted by atomic mass is 9.84. The summed E-state index contributed by atoms with van der Waals surface area (Å²) in [6, 6.07) is 14.4. The van der Waals surface area contributed by atoms with Crippen molar-refractivity contribution in [1.82, 2.24) is 26.6 Å². The number of hydrogen-bond acceptors (Lipinski definition) is 8. The third kappa shape index (κ3) is 3.53. The Balaban J connectivity index is 1.22. The average molecular weight is 447 g/mol. The van der Waals surface area contributed by atoms with Gasteiger partial charge in [0.1, 0.15) is 5.52 Å². The number of hydrogen-bond donors (Lipinski definition) is 3. The second-order valence-corrected chi connectivity index (χ2v) is 9.31. The third-order valence-corrected chi connectivity index (χ3v) is 6.91. The number of hydrazine groups is 2. The summed E-state index contributed by atoms with van der Waals surface area (Å²) in [5, 5.41) is 9.37. The molecule has 6 rings (SSSR count). The molecule has 3 N–H and O–H groups in total. The van der Waals surface area contributed by atoms with E-state index in [-0.39, 0.29) is 11.3 Å². The van der Waals surface area contributed by atoms with Crippen LogP contribution in [0.25, 0.3) is 22.2 Å². The number of carbonyl (C=O) groups is 1. The number of amides is 1. The van der Waals surface area contributed by atoms with Crippen LogP contribution >= 0.6 is 0 Å². The van der Waals surface area contributed by atoms with Gasteiger partial charge in [0.05, 0.1) is 24.0 Å². The van der Waals surface area contributed by atoms with Crippen molar-refractivity contribution in [3.8, 4) is 11.3 Å². The van der Waals surface area contributed by atoms with Gasteiger partial charge in [0, 0.05) is 24.2 Å². The maximum Gasteiger partial charge on any atom is 0.233 e. The lowest BCUT2D eigenvalue weighted by Crippen LogP contribution is -2.54. The fourth-order valence-electron chi connectivity index (χ4n) is 4.90. The van der Waals surface area contributed by atoms with E-state index in [0.29, 0.717) is 25.0 Å². The normalized spacial score (nSPS) is 20.2. The number of ether oxygens (including phenoxy) is 1. The molecule has 0 bridgehead atoms. The van der Waals surface area contributed by atoms with Crippen LogP contribution in [0.4, 0.5) is 0 Å². The molecule has 2 fully saturated rings. The van der Waals surface area contributed by atoms with Crippen LogP contribution in [0.15, 0.2) is 52.1 Å². The van der Waals surface area contributed by atoms with Crippen LogP contribution in [0, 0.1) is 5.41 Å². The lowest BCUT2D eigenvalue weighted by molar-refractivity contribution is -0.169. The Hall–Kier alpha value is -3.43. The molecular formula is C24H26N6O3. The maximum atomic E-state index is 12.8. The van der Waals surface area contributed by atoms with Gasteiger partial charge in [-0.05, 0) is 55.5 Å². The number of piperidine rings is 1. The van der Waals surface area contributed by atoms with E-state index in [2.05, 4.69) is 51.0 Å². The summed E-state index contributed by atoms with van der Waals surface area (Å²) in [6.07, 6.45) is 1.91. The standard InChI is InChI=1S/C24H26N6O3/c1-24(13-32-14-24)23(31)30-9-7-15(8-10-30)16-3-2-4-17(11-16)21-19-12-18(22-25-28-29-26-22)5-6-20(19)27-33-21/h2-6,11-12,15,28-29H,7-10,13-14H2,1H3,(H,25,26). The van der Waals surface area contributed by atoms with Crippen molar-refractivity contribution in [2.75, 3.05) is 26.3 Å². The Labute approximate surface area is 191 Å². The Morgan fingerprint density at radius 3 is 2.70 bits per heavy atom. The Kier molecular flexibility index (Phi) is 4.81. The molecule has 9 heteroatoms. The lowest BCUT2D eigenvalue weighted by Gasteiger charge is -2.42. The number of hydrazone groups is 1. The summed E-state index contributed by atoms with van der Waals surface area (Å²) in [5.74, 6) is 2.11. The molecule has 0 saturated carbocycles. The number of nitrogens with one attached hydrogen (secondary N) is 3. The monoisotopic (exact) mass is 446 g/mol. The smallest absolute Gasteiger partial charge is 0.233 e. The molecule has 3 aliphatic rings. The quantitative estimate of drug-likeness (QED) is 0.566. The van der Waals surface area contributed by atoms with Crippen LogP contribution in [0.5, 0.6) is 0 Å². The number of amidine groups is 1. The van der Waals surface area contributed by atoms with Crippen molar-refractivity contribution in [3.05, 3.63) is 53.6 Å². The fourth-order valence-corrected chi connectivity index (χ4v) is 4.90. The molecule has 9 nitrogen and oxygen atoms in total. The molecule has 2 aromatic carbocycles. The van der Waals surface area contributed by atoms with Gasteiger partial charge in [-0.15, -0.1) is 10.6 Å². The van der Waals surface area contributed by atoms with Crippen molar-refractivity contribution in [3.63, 3.8) is 0 Å². The van der Waals surface area contributed by atoms with E-state index in [0.717, 1.165) is 53.7 Å². The zero-order chi connectivity index (χ0) is 22.4. The molecule has 3 aliphatic heterocycles. The first kappa shape index (κ1) is 20.2. The summed E-state index contributed by atoms with van der Waals surface area (Å²) in [7, 11) is 0. The molecule has 3 aromatic rings. The Morgan fingerprint density at radius 2 is 1.97 bits per heavy atom. The highest BCUT2D eigenvalue weighted by atomic mass is 16.5. The fraction of sp³-hybridized carbons (Fsp3) is 0.375. The topological polar surface area (TPSA) is 104 Å². The summed E-state index contributed by atoms with van der Waals surface area (Å²) in [4.78, 5) is 14.8. The van der Waals surface area contributed by atoms with E-state index in [4.69, 9.17) is 9.26 Å². The highest BCUT2D eigenvalue weighted by Gasteiger charge is 2.44. The van der Waals surface area contributed by atoms with Crippen molar-refractivity contribution >= 4 is 22.6 Å². The van der Waals surface area contributed by atoms with Crippen LogP contribution in [0.2, 0.25) is 0 Å². The highest BCUT2D eigenvalue weighted by molar-refractivity contribution is 6.03. The molecule has 4 heterocycles. The molecular weight excluding hydrogens is 420 g/mol. The molecule has 0 spiro atoms. The number of rotatable bonds is 4. The van der Waals surface area contributed by atoms with E-state index < -0.39 is 0 Å². The molecule has 0 atom stereocenters. The summed E-state index contributed by atoms with van der Waals surface area (Å²) >= 11 is 0. The van der Waals surface area contributed by atoms with Gasteiger partial charge in [-0.25, -0.2) is 5.53 Å². The van der Waals surface area contributed by atoms with Gasteiger partial charge in [0.15, 0.2) is 11.6 Å². The summed E-state index contributed by atoms with van der Waals surface area (Å²) < 4.78 is 11.0. The van der Waals surface area contributed by atoms with Gasteiger partial charge in [-0.3, -0.25) is 10.2 Å². The van der Waals surface area contributed by atoms with Gasteiger partial charge >= 0.3 is 0 Å². The van der Waals surface area contributed by atoms with Crippen molar-refractivity contribution in [2.24, 2.45) is 10.5 Å². The SMILES string of the molecule is CC1(C(=O)N2CCC(c3cccc(-c4onc5ccc(C6=NNNN6)cc45)c3)CC2)COC1. The molecule has 0 unspecified atom stereocenters. The summed E-state index contributed by atoms with van der Waals surface area (Å²) in [5.41, 5.74) is 12.1. The van der Waals surface area contributed by atoms with E-state index in [1.807, 2.05) is 30.0 Å². The van der Waals surface area contributed by atoms with Crippen molar-refractivity contribution in [2.45, 2.75) is 25.7 Å². The first-order valence-corrected chi connectivity index (χ1v) is 11.3. The first-order valence-electron chi connectivity index (χ1n) is 11.3. The van der Waals surface area contributed by atoms with Crippen molar-refractivity contribution < 1.29 is 14.1 Å². The van der Waals surface area contributed by atoms with Gasteiger partial charge < -0.3 is 14.2 Å². The number of likely N-dealkylation sites (tertiary alicyclic amines) is 1. The van der Waals surface area contributed by atoms with Gasteiger partial charge in [0.25, 0.3) is 0 Å². The van der Waals surface area contributed by atoms with Crippen LogP contribution < -0.4 is 16.5 Å². The predicted molar refractivity (Wildman–Crippen MR) is 123 cm³/mol. The highest BCUT2D eigenvalue weighted by Crippen LogP contribution is 2.36. The zero-order valence-electron chi connectivity index (χ0n) is 18.4. The van der Waals surface area contributed by atoms with Crippen LogP contribution in [-0.2, 0) is 9.53 Å². The van der Waals surface area contributed by atoms with Crippen LogP contribution in [0.1, 0.15) is 36.8 Å². The molecule has 2 saturated heterocycles. The third-order valence-electron chi connectivity index (χ3n) is 6.91. The average Bonchev–Trinajstić information content (AvgIpc) is 3.52. The Bertz CT molecular complexity index is 1240. The van der Waals surface area contributed by atoms with Crippen molar-refractivity contribution in [1.29, 1.82) is 0 Å². The minimum absolute atomic E-state index is 0.233. The number of benzene rings is 2. The first-order chi connectivity index (χ1) is 16.1. The number of aromatic nitrogens is 1. The van der Waals surface area contributed by atoms with E-state index in [9.17, 15) is 4.79 Å². The van der Waals surface area contributed by atoms with E-state index >= 15 is 0 Å². The molecule has 33 heavy (non-hydrogen) atoms. The minimum Gasteiger partial charge on any atom is -0.379 e. The second-order valence-electron chi connectivity index (χ2n) is 9.31. The second kappa shape index (κ2) is 7.86. The molecule has 0 radical (unpaired) electrons. The maximum absolute atomic E-state index is 12.8. The molecule has 1 amide bonds. The Morgan fingerprint density at radius 1 is 1.12 bits per heavy atom. The number of nitrogens with zero attached hydrogens (tertiary/aromatic N) is 3. The minimum atomic E-state index is -0.329. The van der Waals surface area contributed by atoms with Gasteiger partial charge in [0.2, 0.25) is 5.91 Å². The van der Waals surface area contributed by atoms with Gasteiger partial charge in [-0.2, -0.15) is 0 Å². The largest absolute Gasteiger partial charge is 0.379 e. The molecule has 1 aromatic heterocycles. The number of carbonyl (C=O) groups excluding carboxylic acids is 1. The van der Waals surface area contributed by atoms with E-state index in [1.165, 1.54) is 5.56 Å².